The van der Waals surface area contributed by atoms with Crippen LogP contribution in [0.5, 0.6) is 0 Å². The Balaban J connectivity index is 2.09. The molecule has 1 N–H and O–H groups in total. The number of aliphatic hydroxyl groups is 1. The summed E-state index contributed by atoms with van der Waals surface area (Å²) in [7, 11) is 0. The summed E-state index contributed by atoms with van der Waals surface area (Å²) in [6.07, 6.45) is 3.22. The van der Waals surface area contributed by atoms with Gasteiger partial charge in [-0.05, 0) is 18.9 Å². The lowest BCUT2D eigenvalue weighted by Gasteiger charge is -2.14. The molecule has 1 aromatic rings. The largest absolute Gasteiger partial charge is 0.463 e. The number of ether oxygens (including phenoxy) is 1. The Labute approximate surface area is 94.3 Å². The van der Waals surface area contributed by atoms with Crippen LogP contribution >= 0.6 is 0 Å². The Kier molecular flexibility index (Phi) is 3.19. The molecule has 0 radical (unpaired) electrons. The van der Waals surface area contributed by atoms with Crippen LogP contribution < -0.4 is 0 Å². The molecule has 0 bridgehead atoms. The second kappa shape index (κ2) is 4.61. The number of hydrogen-bond donors (Lipinski definition) is 1. The molecule has 4 nitrogen and oxygen atoms in total. The maximum atomic E-state index is 10.7. The van der Waals surface area contributed by atoms with Gasteiger partial charge in [0, 0.05) is 30.3 Å². The Morgan fingerprint density at radius 2 is 2.44 bits per heavy atom. The zero-order chi connectivity index (χ0) is 11.5. The van der Waals surface area contributed by atoms with E-state index in [1.807, 2.05) is 6.07 Å². The van der Waals surface area contributed by atoms with Crippen molar-refractivity contribution in [2.45, 2.75) is 31.8 Å². The molecule has 1 aromatic heterocycles. The molecule has 4 heteroatoms. The molecule has 1 unspecified atom stereocenters. The predicted molar refractivity (Wildman–Crippen MR) is 57.8 cm³/mol. The van der Waals surface area contributed by atoms with Crippen LogP contribution in [0.25, 0.3) is 0 Å². The van der Waals surface area contributed by atoms with Gasteiger partial charge in [-0.25, -0.2) is 0 Å². The van der Waals surface area contributed by atoms with Gasteiger partial charge in [0.05, 0.1) is 0 Å². The number of rotatable bonds is 4. The minimum Gasteiger partial charge on any atom is -0.463 e. The second-order valence-corrected chi connectivity index (χ2v) is 4.07. The molecule has 0 aromatic carbocycles. The molecule has 1 saturated carbocycles. The monoisotopic (exact) mass is 221 g/mol. The van der Waals surface area contributed by atoms with Gasteiger partial charge in [-0.3, -0.25) is 9.78 Å². The number of aromatic nitrogens is 1. The summed E-state index contributed by atoms with van der Waals surface area (Å²) in [5.41, 5.74) is 1.73. The Hall–Kier alpha value is -1.42. The van der Waals surface area contributed by atoms with Gasteiger partial charge in [-0.15, -0.1) is 0 Å². The van der Waals surface area contributed by atoms with E-state index in [-0.39, 0.29) is 12.6 Å². The average Bonchev–Trinajstić information content (AvgIpc) is 3.09. The van der Waals surface area contributed by atoms with Gasteiger partial charge in [-0.1, -0.05) is 6.07 Å². The molecule has 1 aliphatic carbocycles. The standard InChI is InChI=1S/C12H15NO3/c1-8(14)16-7-11(15)10-3-2-6-13-12(10)9-4-5-9/h2-3,6,9,11,15H,4-5,7H2,1H3. The van der Waals surface area contributed by atoms with Crippen LogP contribution in [-0.2, 0) is 9.53 Å². The minimum atomic E-state index is -0.770. The van der Waals surface area contributed by atoms with Gasteiger partial charge in [0.2, 0.25) is 0 Å². The molecule has 16 heavy (non-hydrogen) atoms. The summed E-state index contributed by atoms with van der Waals surface area (Å²) >= 11 is 0. The first kappa shape index (κ1) is 11.1. The number of carbonyl (C=O) groups excluding carboxylic acids is 1. The number of nitrogens with zero attached hydrogens (tertiary/aromatic N) is 1. The number of pyridine rings is 1. The summed E-state index contributed by atoms with van der Waals surface area (Å²) in [5, 5.41) is 9.91. The van der Waals surface area contributed by atoms with Gasteiger partial charge >= 0.3 is 5.97 Å². The fraction of sp³-hybridized carbons (Fsp3) is 0.500. The molecule has 1 aliphatic rings. The molecular formula is C12H15NO3. The molecule has 0 aliphatic heterocycles. The van der Waals surface area contributed by atoms with Gasteiger partial charge in [0.1, 0.15) is 12.7 Å². The fourth-order valence-electron chi connectivity index (χ4n) is 1.70. The highest BCUT2D eigenvalue weighted by atomic mass is 16.5. The van der Waals surface area contributed by atoms with Crippen LogP contribution in [0.3, 0.4) is 0 Å². The normalized spacial score (nSPS) is 16.9. The molecule has 0 amide bonds. The van der Waals surface area contributed by atoms with Crippen molar-refractivity contribution in [2.75, 3.05) is 6.61 Å². The van der Waals surface area contributed by atoms with E-state index in [4.69, 9.17) is 4.74 Å². The van der Waals surface area contributed by atoms with Gasteiger partial charge in [-0.2, -0.15) is 0 Å². The molecule has 0 saturated heterocycles. The van der Waals surface area contributed by atoms with Crippen molar-refractivity contribution in [3.8, 4) is 0 Å². The van der Waals surface area contributed by atoms with Crippen molar-refractivity contribution in [1.82, 2.24) is 4.98 Å². The van der Waals surface area contributed by atoms with Crippen LogP contribution in [0.4, 0.5) is 0 Å². The highest BCUT2D eigenvalue weighted by Gasteiger charge is 2.29. The fourth-order valence-corrected chi connectivity index (χ4v) is 1.70. The highest BCUT2D eigenvalue weighted by molar-refractivity contribution is 5.65. The van der Waals surface area contributed by atoms with Crippen molar-refractivity contribution in [1.29, 1.82) is 0 Å². The van der Waals surface area contributed by atoms with Gasteiger partial charge in [0.25, 0.3) is 0 Å². The molecule has 1 fully saturated rings. The number of esters is 1. The Morgan fingerprint density at radius 3 is 3.06 bits per heavy atom. The smallest absolute Gasteiger partial charge is 0.302 e. The third kappa shape index (κ3) is 2.58. The summed E-state index contributed by atoms with van der Waals surface area (Å²) in [6, 6.07) is 3.63. The summed E-state index contributed by atoms with van der Waals surface area (Å²) in [6.45, 7) is 1.33. The first-order chi connectivity index (χ1) is 7.68. The van der Waals surface area contributed by atoms with E-state index in [1.165, 1.54) is 6.92 Å². The van der Waals surface area contributed by atoms with E-state index in [1.54, 1.807) is 12.3 Å². The highest BCUT2D eigenvalue weighted by Crippen LogP contribution is 2.41. The zero-order valence-electron chi connectivity index (χ0n) is 9.22. The van der Waals surface area contributed by atoms with Crippen LogP contribution in [-0.4, -0.2) is 22.7 Å². The van der Waals surface area contributed by atoms with E-state index in [2.05, 4.69) is 4.98 Å². The number of carbonyl (C=O) groups is 1. The minimum absolute atomic E-state index is 0.000741. The Morgan fingerprint density at radius 1 is 1.69 bits per heavy atom. The molecule has 0 spiro atoms. The maximum absolute atomic E-state index is 10.7. The third-order valence-corrected chi connectivity index (χ3v) is 2.64. The van der Waals surface area contributed by atoms with E-state index in [9.17, 15) is 9.90 Å². The first-order valence-corrected chi connectivity index (χ1v) is 5.44. The summed E-state index contributed by atoms with van der Waals surface area (Å²) in [5.74, 6) is 0.0964. The van der Waals surface area contributed by atoms with Crippen LogP contribution in [0.15, 0.2) is 18.3 Å². The van der Waals surface area contributed by atoms with Crippen molar-refractivity contribution in [2.24, 2.45) is 0 Å². The predicted octanol–water partition coefficient (Wildman–Crippen LogP) is 1.56. The van der Waals surface area contributed by atoms with Gasteiger partial charge in [0.15, 0.2) is 0 Å². The summed E-state index contributed by atoms with van der Waals surface area (Å²) < 4.78 is 4.80. The van der Waals surface area contributed by atoms with E-state index >= 15 is 0 Å². The van der Waals surface area contributed by atoms with Crippen molar-refractivity contribution in [3.63, 3.8) is 0 Å². The van der Waals surface area contributed by atoms with Crippen molar-refractivity contribution < 1.29 is 14.6 Å². The van der Waals surface area contributed by atoms with E-state index in [0.29, 0.717) is 5.92 Å². The lowest BCUT2D eigenvalue weighted by Crippen LogP contribution is -2.12. The van der Waals surface area contributed by atoms with Crippen molar-refractivity contribution >= 4 is 5.97 Å². The van der Waals surface area contributed by atoms with Gasteiger partial charge < -0.3 is 9.84 Å². The van der Waals surface area contributed by atoms with E-state index in [0.717, 1.165) is 24.1 Å². The maximum Gasteiger partial charge on any atom is 0.302 e. The van der Waals surface area contributed by atoms with Crippen LogP contribution in [0.2, 0.25) is 0 Å². The van der Waals surface area contributed by atoms with Crippen LogP contribution in [0, 0.1) is 0 Å². The van der Waals surface area contributed by atoms with Crippen molar-refractivity contribution in [3.05, 3.63) is 29.6 Å². The molecule has 1 heterocycles. The molecule has 1 atom stereocenters. The summed E-state index contributed by atoms with van der Waals surface area (Å²) in [4.78, 5) is 15.0. The lowest BCUT2D eigenvalue weighted by atomic mass is 10.1. The average molecular weight is 221 g/mol. The SMILES string of the molecule is CC(=O)OCC(O)c1cccnc1C1CC1. The first-order valence-electron chi connectivity index (χ1n) is 5.44. The zero-order valence-corrected chi connectivity index (χ0v) is 9.22. The van der Waals surface area contributed by atoms with Crippen LogP contribution in [0.1, 0.15) is 43.0 Å². The Bertz CT molecular complexity index is 388. The molecular weight excluding hydrogens is 206 g/mol. The third-order valence-electron chi connectivity index (χ3n) is 2.64. The lowest BCUT2D eigenvalue weighted by molar-refractivity contribution is -0.144. The topological polar surface area (TPSA) is 59.4 Å². The second-order valence-electron chi connectivity index (χ2n) is 4.07. The number of hydrogen-bond acceptors (Lipinski definition) is 4. The number of aliphatic hydroxyl groups excluding tert-OH is 1. The molecule has 86 valence electrons. The molecule has 2 rings (SSSR count). The quantitative estimate of drug-likeness (QED) is 0.784. The van der Waals surface area contributed by atoms with E-state index < -0.39 is 6.10 Å².